The quantitative estimate of drug-likeness (QED) is 0.894. The molecule has 1 N–H and O–H groups in total. The van der Waals surface area contributed by atoms with Crippen LogP contribution in [0, 0.1) is 0 Å². The number of nitrogens with one attached hydrogen (secondary N) is 1. The van der Waals surface area contributed by atoms with Crippen LogP contribution in [0.3, 0.4) is 0 Å². The fraction of sp³-hybridized carbons (Fsp3) is 0.273. The van der Waals surface area contributed by atoms with Crippen molar-refractivity contribution in [1.82, 2.24) is 25.3 Å². The van der Waals surface area contributed by atoms with Gasteiger partial charge in [-0.25, -0.2) is 23.7 Å². The van der Waals surface area contributed by atoms with Crippen molar-refractivity contribution >= 4 is 0 Å². The molecule has 18 heavy (non-hydrogen) atoms. The first kappa shape index (κ1) is 12.4. The molecule has 0 unspecified atom stereocenters. The maximum atomic E-state index is 12.9. The highest BCUT2D eigenvalue weighted by Gasteiger charge is 2.17. The van der Waals surface area contributed by atoms with Crippen LogP contribution in [0.5, 0.6) is 0 Å². The zero-order valence-corrected chi connectivity index (χ0v) is 9.64. The molecule has 0 aliphatic heterocycles. The molecule has 5 nitrogen and oxygen atoms in total. The van der Waals surface area contributed by atoms with Gasteiger partial charge in [0.15, 0.2) is 5.82 Å². The number of hydrogen-bond acceptors (Lipinski definition) is 5. The van der Waals surface area contributed by atoms with E-state index >= 15 is 0 Å². The Hall–Kier alpha value is -2.02. The Balaban J connectivity index is 2.43. The minimum Gasteiger partial charge on any atom is -0.316 e. The standard InChI is InChI=1S/C11H11F2N5/c1-14-4-7-5-17-11(18-9(7)10(12)13)8-6-15-2-3-16-8/h2-3,5-6,10,14H,4H2,1H3. The molecule has 94 valence electrons. The zero-order valence-electron chi connectivity index (χ0n) is 9.64. The molecule has 0 spiro atoms. The molecule has 7 heteroatoms. The summed E-state index contributed by atoms with van der Waals surface area (Å²) in [6.07, 6.45) is 3.12. The monoisotopic (exact) mass is 251 g/mol. The predicted molar refractivity (Wildman–Crippen MR) is 60.8 cm³/mol. The van der Waals surface area contributed by atoms with Gasteiger partial charge in [0.1, 0.15) is 11.4 Å². The van der Waals surface area contributed by atoms with Gasteiger partial charge in [0.25, 0.3) is 6.43 Å². The average molecular weight is 251 g/mol. The number of halogens is 2. The third-order valence-electron chi connectivity index (χ3n) is 2.26. The lowest BCUT2D eigenvalue weighted by molar-refractivity contribution is 0.144. The van der Waals surface area contributed by atoms with Crippen LogP contribution in [0.4, 0.5) is 8.78 Å². The Morgan fingerprint density at radius 3 is 2.67 bits per heavy atom. The lowest BCUT2D eigenvalue weighted by atomic mass is 10.2. The largest absolute Gasteiger partial charge is 0.316 e. The summed E-state index contributed by atoms with van der Waals surface area (Å²) in [6, 6.07) is 0. The van der Waals surface area contributed by atoms with Crippen molar-refractivity contribution < 1.29 is 8.78 Å². The molecule has 2 aromatic rings. The SMILES string of the molecule is CNCc1cnc(-c2cnccn2)nc1C(F)F. The minimum atomic E-state index is -2.65. The molecule has 0 fully saturated rings. The molecule has 0 bridgehead atoms. The molecule has 2 heterocycles. The van der Waals surface area contributed by atoms with E-state index in [-0.39, 0.29) is 11.5 Å². The van der Waals surface area contributed by atoms with Gasteiger partial charge in [-0.05, 0) is 7.05 Å². The molecule has 0 radical (unpaired) electrons. The Kier molecular flexibility index (Phi) is 3.83. The van der Waals surface area contributed by atoms with Crippen molar-refractivity contribution in [3.63, 3.8) is 0 Å². The second-order valence-corrected chi connectivity index (χ2v) is 3.53. The Morgan fingerprint density at radius 2 is 2.06 bits per heavy atom. The first-order valence-corrected chi connectivity index (χ1v) is 5.27. The molecule has 0 saturated heterocycles. The van der Waals surface area contributed by atoms with Crippen molar-refractivity contribution in [2.45, 2.75) is 13.0 Å². The molecule has 2 aromatic heterocycles. The van der Waals surface area contributed by atoms with Crippen LogP contribution in [0.1, 0.15) is 17.7 Å². The number of aromatic nitrogens is 4. The van der Waals surface area contributed by atoms with Gasteiger partial charge in [0.2, 0.25) is 0 Å². The van der Waals surface area contributed by atoms with Crippen LogP contribution in [-0.4, -0.2) is 27.0 Å². The summed E-state index contributed by atoms with van der Waals surface area (Å²) in [5.41, 5.74) is 0.468. The van der Waals surface area contributed by atoms with Crippen LogP contribution < -0.4 is 5.32 Å². The minimum absolute atomic E-state index is 0.151. The summed E-state index contributed by atoms with van der Waals surface area (Å²) >= 11 is 0. The van der Waals surface area contributed by atoms with Gasteiger partial charge < -0.3 is 5.32 Å². The van der Waals surface area contributed by atoms with E-state index in [0.717, 1.165) is 0 Å². The highest BCUT2D eigenvalue weighted by atomic mass is 19.3. The van der Waals surface area contributed by atoms with Gasteiger partial charge >= 0.3 is 0 Å². The van der Waals surface area contributed by atoms with Gasteiger partial charge in [-0.2, -0.15) is 0 Å². The highest BCUT2D eigenvalue weighted by molar-refractivity contribution is 5.47. The zero-order chi connectivity index (χ0) is 13.0. The van der Waals surface area contributed by atoms with Crippen molar-refractivity contribution in [2.75, 3.05) is 7.05 Å². The second kappa shape index (κ2) is 5.54. The fourth-order valence-electron chi connectivity index (χ4n) is 1.47. The second-order valence-electron chi connectivity index (χ2n) is 3.53. The topological polar surface area (TPSA) is 63.6 Å². The van der Waals surface area contributed by atoms with Crippen LogP contribution in [-0.2, 0) is 6.54 Å². The van der Waals surface area contributed by atoms with E-state index in [9.17, 15) is 8.78 Å². The highest BCUT2D eigenvalue weighted by Crippen LogP contribution is 2.22. The van der Waals surface area contributed by atoms with E-state index in [2.05, 4.69) is 25.3 Å². The normalized spacial score (nSPS) is 10.9. The lowest BCUT2D eigenvalue weighted by Crippen LogP contribution is -2.11. The van der Waals surface area contributed by atoms with Gasteiger partial charge in [0.05, 0.1) is 6.20 Å². The van der Waals surface area contributed by atoms with E-state index in [1.54, 1.807) is 7.05 Å². The maximum Gasteiger partial charge on any atom is 0.280 e. The summed E-state index contributed by atoms with van der Waals surface area (Å²) in [5, 5.41) is 2.80. The predicted octanol–water partition coefficient (Wildman–Crippen LogP) is 1.59. The smallest absolute Gasteiger partial charge is 0.280 e. The Labute approximate surface area is 102 Å². The van der Waals surface area contributed by atoms with Crippen LogP contribution in [0.15, 0.2) is 24.8 Å². The number of rotatable bonds is 4. The summed E-state index contributed by atoms with van der Waals surface area (Å²) in [4.78, 5) is 15.7. The van der Waals surface area contributed by atoms with Crippen LogP contribution >= 0.6 is 0 Å². The van der Waals surface area contributed by atoms with E-state index in [4.69, 9.17) is 0 Å². The van der Waals surface area contributed by atoms with Crippen LogP contribution in [0.25, 0.3) is 11.5 Å². The van der Waals surface area contributed by atoms with E-state index in [1.165, 1.54) is 24.8 Å². The van der Waals surface area contributed by atoms with Crippen molar-refractivity contribution in [2.24, 2.45) is 0 Å². The first-order chi connectivity index (χ1) is 8.72. The summed E-state index contributed by atoms with van der Waals surface area (Å²) < 4.78 is 25.8. The number of nitrogens with zero attached hydrogens (tertiary/aromatic N) is 4. The van der Waals surface area contributed by atoms with Gasteiger partial charge in [0, 0.05) is 30.7 Å². The third kappa shape index (κ3) is 2.62. The van der Waals surface area contributed by atoms with Crippen molar-refractivity contribution in [3.05, 3.63) is 36.0 Å². The van der Waals surface area contributed by atoms with E-state index in [1.807, 2.05) is 0 Å². The molecule has 0 aliphatic rings. The molecular weight excluding hydrogens is 240 g/mol. The Bertz CT molecular complexity index is 518. The Morgan fingerprint density at radius 1 is 1.22 bits per heavy atom. The van der Waals surface area contributed by atoms with Gasteiger partial charge in [-0.1, -0.05) is 0 Å². The molecule has 0 atom stereocenters. The summed E-state index contributed by atoms with van der Waals surface area (Å²) in [7, 11) is 1.67. The number of hydrogen-bond donors (Lipinski definition) is 1. The fourth-order valence-corrected chi connectivity index (χ4v) is 1.47. The molecule has 0 aliphatic carbocycles. The van der Waals surface area contributed by atoms with Gasteiger partial charge in [-0.3, -0.25) is 4.98 Å². The van der Waals surface area contributed by atoms with E-state index < -0.39 is 6.43 Å². The molecule has 0 aromatic carbocycles. The molecule has 0 amide bonds. The number of alkyl halides is 2. The average Bonchev–Trinajstić information content (AvgIpc) is 2.40. The van der Waals surface area contributed by atoms with Crippen molar-refractivity contribution in [3.8, 4) is 11.5 Å². The van der Waals surface area contributed by atoms with E-state index in [0.29, 0.717) is 17.8 Å². The lowest BCUT2D eigenvalue weighted by Gasteiger charge is -2.08. The maximum absolute atomic E-state index is 12.9. The summed E-state index contributed by atoms with van der Waals surface area (Å²) in [5.74, 6) is 0.151. The van der Waals surface area contributed by atoms with Crippen molar-refractivity contribution in [1.29, 1.82) is 0 Å². The van der Waals surface area contributed by atoms with Gasteiger partial charge in [-0.15, -0.1) is 0 Å². The molecule has 2 rings (SSSR count). The third-order valence-corrected chi connectivity index (χ3v) is 2.26. The summed E-state index contributed by atoms with van der Waals surface area (Å²) in [6.45, 7) is 0.292. The molecular formula is C11H11F2N5. The molecule has 0 saturated carbocycles. The first-order valence-electron chi connectivity index (χ1n) is 5.27. The van der Waals surface area contributed by atoms with Crippen LogP contribution in [0.2, 0.25) is 0 Å².